The van der Waals surface area contributed by atoms with Crippen LogP contribution in [0, 0.1) is 0 Å². The molecular weight excluding hydrogens is 228 g/mol. The highest BCUT2D eigenvalue weighted by Crippen LogP contribution is 2.13. The van der Waals surface area contributed by atoms with Crippen LogP contribution in [0.15, 0.2) is 27.8 Å². The summed E-state index contributed by atoms with van der Waals surface area (Å²) in [6.07, 6.45) is 2.29. The molecule has 0 fully saturated rings. The van der Waals surface area contributed by atoms with Gasteiger partial charge in [0.2, 0.25) is 6.41 Å². The Bertz CT molecular complexity index is 239. The first kappa shape index (κ1) is 8.55. The summed E-state index contributed by atoms with van der Waals surface area (Å²) in [4.78, 5) is 13.9. The molecule has 0 spiro atoms. The molecule has 5 heteroatoms. The van der Waals surface area contributed by atoms with E-state index >= 15 is 0 Å². The van der Waals surface area contributed by atoms with E-state index in [1.807, 2.05) is 12.1 Å². The number of amides is 1. The Kier molecular flexibility index (Phi) is 3.38. The van der Waals surface area contributed by atoms with Gasteiger partial charge in [-0.1, -0.05) is 0 Å². The first-order valence-corrected chi connectivity index (χ1v) is 4.41. The number of pyridine rings is 1. The molecule has 1 rings (SSSR count). The van der Waals surface area contributed by atoms with Crippen molar-refractivity contribution in [2.75, 3.05) is 0 Å². The number of halogens is 1. The van der Waals surface area contributed by atoms with Gasteiger partial charge in [-0.2, -0.15) is 0 Å². The van der Waals surface area contributed by atoms with Crippen LogP contribution in [0.1, 0.15) is 0 Å². The lowest BCUT2D eigenvalue weighted by Gasteiger charge is -1.95. The van der Waals surface area contributed by atoms with Crippen LogP contribution in [0.2, 0.25) is 0 Å². The summed E-state index contributed by atoms with van der Waals surface area (Å²) < 4.78 is 3.37. The van der Waals surface area contributed by atoms with Crippen molar-refractivity contribution in [3.8, 4) is 0 Å². The van der Waals surface area contributed by atoms with Gasteiger partial charge in [-0.3, -0.25) is 9.52 Å². The molecule has 1 amide bonds. The summed E-state index contributed by atoms with van der Waals surface area (Å²) in [7, 11) is 0. The van der Waals surface area contributed by atoms with Crippen molar-refractivity contribution >= 4 is 34.3 Å². The molecule has 0 aromatic carbocycles. The molecular formula is C6H5BrN2OS. The van der Waals surface area contributed by atoms with Gasteiger partial charge in [0.05, 0.1) is 0 Å². The highest BCUT2D eigenvalue weighted by atomic mass is 79.9. The number of aromatic nitrogens is 1. The smallest absolute Gasteiger partial charge is 0.217 e. The van der Waals surface area contributed by atoms with Crippen LogP contribution in [0.4, 0.5) is 0 Å². The first-order valence-electron chi connectivity index (χ1n) is 2.80. The average Bonchev–Trinajstić information content (AvgIpc) is 2.04. The van der Waals surface area contributed by atoms with Gasteiger partial charge in [0.1, 0.15) is 5.03 Å². The van der Waals surface area contributed by atoms with E-state index in [4.69, 9.17) is 0 Å². The van der Waals surface area contributed by atoms with Crippen LogP contribution in [0.25, 0.3) is 0 Å². The van der Waals surface area contributed by atoms with E-state index in [2.05, 4.69) is 25.6 Å². The normalized spacial score (nSPS) is 9.18. The topological polar surface area (TPSA) is 42.0 Å². The zero-order chi connectivity index (χ0) is 8.10. The van der Waals surface area contributed by atoms with Gasteiger partial charge in [-0.05, 0) is 28.1 Å². The Balaban J connectivity index is 2.58. The third-order valence-electron chi connectivity index (χ3n) is 0.912. The number of rotatable bonds is 3. The third-order valence-corrected chi connectivity index (χ3v) is 2.05. The fourth-order valence-electron chi connectivity index (χ4n) is 0.507. The molecule has 11 heavy (non-hydrogen) atoms. The van der Waals surface area contributed by atoms with E-state index in [1.54, 1.807) is 6.20 Å². The summed E-state index contributed by atoms with van der Waals surface area (Å²) >= 11 is 4.43. The molecule has 0 unspecified atom stereocenters. The van der Waals surface area contributed by atoms with Gasteiger partial charge >= 0.3 is 0 Å². The van der Waals surface area contributed by atoms with Crippen molar-refractivity contribution in [2.45, 2.75) is 5.03 Å². The van der Waals surface area contributed by atoms with Crippen molar-refractivity contribution in [3.63, 3.8) is 0 Å². The minimum atomic E-state index is 0.619. The lowest BCUT2D eigenvalue weighted by Crippen LogP contribution is -1.97. The third kappa shape index (κ3) is 2.90. The lowest BCUT2D eigenvalue weighted by atomic mass is 10.5. The standard InChI is InChI=1S/C6H5BrN2OS/c7-5-1-2-6(8-3-5)11-9-4-10/h1-4H,(H,9,10). The first-order chi connectivity index (χ1) is 5.33. The number of nitrogens with one attached hydrogen (secondary N) is 1. The largest absolute Gasteiger partial charge is 0.297 e. The molecule has 1 aromatic heterocycles. The molecule has 0 saturated carbocycles. The zero-order valence-electron chi connectivity index (χ0n) is 5.45. The Morgan fingerprint density at radius 3 is 3.00 bits per heavy atom. The van der Waals surface area contributed by atoms with E-state index in [9.17, 15) is 4.79 Å². The molecule has 0 aliphatic carbocycles. The second-order valence-corrected chi connectivity index (χ2v) is 3.43. The highest BCUT2D eigenvalue weighted by Gasteiger charge is 1.92. The number of carbonyl (C=O) groups is 1. The maximum absolute atomic E-state index is 9.88. The van der Waals surface area contributed by atoms with E-state index in [1.165, 1.54) is 11.9 Å². The van der Waals surface area contributed by atoms with Crippen molar-refractivity contribution in [1.29, 1.82) is 0 Å². The molecule has 0 radical (unpaired) electrons. The number of hydrogen-bond donors (Lipinski definition) is 1. The van der Waals surface area contributed by atoms with Crippen molar-refractivity contribution in [2.24, 2.45) is 0 Å². The van der Waals surface area contributed by atoms with Gasteiger partial charge in [-0.15, -0.1) is 0 Å². The number of nitrogens with zero attached hydrogens (tertiary/aromatic N) is 1. The van der Waals surface area contributed by atoms with Crippen molar-refractivity contribution in [1.82, 2.24) is 9.71 Å². The molecule has 0 aliphatic rings. The molecule has 1 aromatic rings. The second-order valence-electron chi connectivity index (χ2n) is 1.65. The van der Waals surface area contributed by atoms with Crippen LogP contribution >= 0.6 is 27.9 Å². The van der Waals surface area contributed by atoms with Crippen LogP contribution in [-0.4, -0.2) is 11.4 Å². The van der Waals surface area contributed by atoms with Crippen molar-refractivity contribution < 1.29 is 4.79 Å². The molecule has 1 heterocycles. The Morgan fingerprint density at radius 1 is 1.64 bits per heavy atom. The van der Waals surface area contributed by atoms with Gasteiger partial charge < -0.3 is 0 Å². The molecule has 58 valence electrons. The predicted octanol–water partition coefficient (Wildman–Crippen LogP) is 1.60. The predicted molar refractivity (Wildman–Crippen MR) is 47.0 cm³/mol. The van der Waals surface area contributed by atoms with Crippen LogP contribution in [0.3, 0.4) is 0 Å². The molecule has 0 bridgehead atoms. The van der Waals surface area contributed by atoms with Crippen LogP contribution < -0.4 is 4.72 Å². The molecule has 0 aliphatic heterocycles. The van der Waals surface area contributed by atoms with Gasteiger partial charge in [0.15, 0.2) is 0 Å². The SMILES string of the molecule is O=CNSc1ccc(Br)cn1. The summed E-state index contributed by atoms with van der Waals surface area (Å²) in [5, 5.41) is 0.764. The minimum absolute atomic E-state index is 0.619. The fraction of sp³-hybridized carbons (Fsp3) is 0. The summed E-state index contributed by atoms with van der Waals surface area (Å²) in [6.45, 7) is 0. The molecule has 1 N–H and O–H groups in total. The van der Waals surface area contributed by atoms with Gasteiger partial charge in [-0.25, -0.2) is 4.98 Å². The van der Waals surface area contributed by atoms with Crippen LogP contribution in [0.5, 0.6) is 0 Å². The molecule has 3 nitrogen and oxygen atoms in total. The Labute approximate surface area is 76.9 Å². The second kappa shape index (κ2) is 4.35. The van der Waals surface area contributed by atoms with Crippen LogP contribution in [-0.2, 0) is 4.79 Å². The van der Waals surface area contributed by atoms with E-state index in [0.717, 1.165) is 9.50 Å². The van der Waals surface area contributed by atoms with E-state index in [-0.39, 0.29) is 0 Å². The van der Waals surface area contributed by atoms with Gasteiger partial charge in [0, 0.05) is 22.6 Å². The molecule has 0 atom stereocenters. The highest BCUT2D eigenvalue weighted by molar-refractivity contribution is 9.10. The summed E-state index contributed by atoms with van der Waals surface area (Å²) in [5.74, 6) is 0. The average molecular weight is 233 g/mol. The molecule has 0 saturated heterocycles. The maximum Gasteiger partial charge on any atom is 0.217 e. The monoisotopic (exact) mass is 232 g/mol. The lowest BCUT2D eigenvalue weighted by molar-refractivity contribution is -0.107. The van der Waals surface area contributed by atoms with Crippen molar-refractivity contribution in [3.05, 3.63) is 22.8 Å². The van der Waals surface area contributed by atoms with E-state index in [0.29, 0.717) is 6.41 Å². The summed E-state index contributed by atoms with van der Waals surface area (Å²) in [6, 6.07) is 3.67. The Hall–Kier alpha value is -0.550. The minimum Gasteiger partial charge on any atom is -0.297 e. The summed E-state index contributed by atoms with van der Waals surface area (Å²) in [5.41, 5.74) is 0. The Morgan fingerprint density at radius 2 is 2.45 bits per heavy atom. The quantitative estimate of drug-likeness (QED) is 0.636. The fourth-order valence-corrected chi connectivity index (χ4v) is 1.15. The van der Waals surface area contributed by atoms with Gasteiger partial charge in [0.25, 0.3) is 0 Å². The number of hydrogen-bond acceptors (Lipinski definition) is 3. The van der Waals surface area contributed by atoms with E-state index < -0.39 is 0 Å². The number of carbonyl (C=O) groups excluding carboxylic acids is 1. The maximum atomic E-state index is 9.88. The zero-order valence-corrected chi connectivity index (χ0v) is 7.85.